The standard InChI is InChI=1S/C13H14Cl2N2/c1-13(6-7-13)17-10-4-2-3-9(15)12(10)16-11(17)5-8-14/h2-4H,5-8H2,1H3. The predicted molar refractivity (Wildman–Crippen MR) is 72.0 cm³/mol. The Balaban J connectivity index is 2.28. The number of para-hydroxylation sites is 1. The van der Waals surface area contributed by atoms with E-state index < -0.39 is 0 Å². The van der Waals surface area contributed by atoms with E-state index >= 15 is 0 Å². The van der Waals surface area contributed by atoms with Crippen molar-refractivity contribution in [1.29, 1.82) is 0 Å². The number of hydrogen-bond donors (Lipinski definition) is 0. The van der Waals surface area contributed by atoms with Gasteiger partial charge in [0.15, 0.2) is 0 Å². The quantitative estimate of drug-likeness (QED) is 0.770. The molecule has 17 heavy (non-hydrogen) atoms. The largest absolute Gasteiger partial charge is 0.322 e. The molecule has 0 bridgehead atoms. The molecular weight excluding hydrogens is 255 g/mol. The van der Waals surface area contributed by atoms with Gasteiger partial charge in [-0.2, -0.15) is 0 Å². The second-order valence-electron chi connectivity index (χ2n) is 4.91. The van der Waals surface area contributed by atoms with Gasteiger partial charge in [-0.25, -0.2) is 4.98 Å². The molecule has 0 unspecified atom stereocenters. The van der Waals surface area contributed by atoms with Crippen molar-refractivity contribution < 1.29 is 0 Å². The molecule has 2 nitrogen and oxygen atoms in total. The summed E-state index contributed by atoms with van der Waals surface area (Å²) in [6.45, 7) is 2.27. The molecule has 1 aliphatic carbocycles. The Morgan fingerprint density at radius 2 is 2.18 bits per heavy atom. The van der Waals surface area contributed by atoms with Gasteiger partial charge in [-0.15, -0.1) is 11.6 Å². The van der Waals surface area contributed by atoms with Gasteiger partial charge in [-0.1, -0.05) is 17.7 Å². The SMILES string of the molecule is CC1(n2c(CCCl)nc3c(Cl)cccc32)CC1. The summed E-state index contributed by atoms with van der Waals surface area (Å²) >= 11 is 12.1. The highest BCUT2D eigenvalue weighted by Crippen LogP contribution is 2.46. The van der Waals surface area contributed by atoms with E-state index in [9.17, 15) is 0 Å². The third kappa shape index (κ3) is 1.74. The average molecular weight is 269 g/mol. The molecule has 1 saturated carbocycles. The summed E-state index contributed by atoms with van der Waals surface area (Å²) in [6.07, 6.45) is 3.21. The van der Waals surface area contributed by atoms with Crippen molar-refractivity contribution in [2.24, 2.45) is 0 Å². The minimum atomic E-state index is 0.223. The van der Waals surface area contributed by atoms with Crippen LogP contribution in [0.5, 0.6) is 0 Å². The molecule has 0 spiro atoms. The van der Waals surface area contributed by atoms with Crippen LogP contribution in [-0.4, -0.2) is 15.4 Å². The Morgan fingerprint density at radius 3 is 2.82 bits per heavy atom. The smallest absolute Gasteiger partial charge is 0.111 e. The van der Waals surface area contributed by atoms with Gasteiger partial charge >= 0.3 is 0 Å². The Hall–Kier alpha value is -0.730. The number of aryl methyl sites for hydroxylation is 1. The van der Waals surface area contributed by atoms with E-state index in [0.717, 1.165) is 28.3 Å². The molecule has 0 N–H and O–H groups in total. The van der Waals surface area contributed by atoms with Crippen LogP contribution in [0, 0.1) is 0 Å². The topological polar surface area (TPSA) is 17.8 Å². The first-order chi connectivity index (χ1) is 8.15. The van der Waals surface area contributed by atoms with E-state index in [1.807, 2.05) is 12.1 Å². The lowest BCUT2D eigenvalue weighted by Gasteiger charge is -2.15. The second kappa shape index (κ2) is 3.89. The van der Waals surface area contributed by atoms with Crippen molar-refractivity contribution in [2.45, 2.75) is 31.7 Å². The number of hydrogen-bond acceptors (Lipinski definition) is 1. The maximum absolute atomic E-state index is 6.20. The first kappa shape index (κ1) is 11.4. The minimum Gasteiger partial charge on any atom is -0.322 e. The highest BCUT2D eigenvalue weighted by Gasteiger charge is 2.41. The summed E-state index contributed by atoms with van der Waals surface area (Å²) in [7, 11) is 0. The fraction of sp³-hybridized carbons (Fsp3) is 0.462. The van der Waals surface area contributed by atoms with E-state index in [1.165, 1.54) is 12.8 Å². The fourth-order valence-corrected chi connectivity index (χ4v) is 2.75. The average Bonchev–Trinajstić information content (AvgIpc) is 2.91. The lowest BCUT2D eigenvalue weighted by molar-refractivity contribution is 0.525. The van der Waals surface area contributed by atoms with Crippen LogP contribution in [0.15, 0.2) is 18.2 Å². The molecule has 2 aromatic rings. The van der Waals surface area contributed by atoms with Crippen LogP contribution in [0.25, 0.3) is 11.0 Å². The van der Waals surface area contributed by atoms with E-state index in [0.29, 0.717) is 5.88 Å². The van der Waals surface area contributed by atoms with Gasteiger partial charge in [0.25, 0.3) is 0 Å². The van der Waals surface area contributed by atoms with Crippen molar-refractivity contribution in [3.8, 4) is 0 Å². The van der Waals surface area contributed by atoms with Crippen LogP contribution < -0.4 is 0 Å². The summed E-state index contributed by atoms with van der Waals surface area (Å²) in [4.78, 5) is 4.65. The minimum absolute atomic E-state index is 0.223. The number of imidazole rings is 1. The molecule has 0 atom stereocenters. The summed E-state index contributed by atoms with van der Waals surface area (Å²) in [5.41, 5.74) is 2.26. The van der Waals surface area contributed by atoms with Crippen molar-refractivity contribution in [1.82, 2.24) is 9.55 Å². The zero-order chi connectivity index (χ0) is 12.0. The summed E-state index contributed by atoms with van der Waals surface area (Å²) in [5.74, 6) is 1.65. The van der Waals surface area contributed by atoms with Crippen molar-refractivity contribution in [2.75, 3.05) is 5.88 Å². The van der Waals surface area contributed by atoms with E-state index in [2.05, 4.69) is 22.5 Å². The number of aromatic nitrogens is 2. The molecule has 1 aromatic carbocycles. The van der Waals surface area contributed by atoms with E-state index in [-0.39, 0.29) is 5.54 Å². The van der Waals surface area contributed by atoms with Crippen molar-refractivity contribution in [3.63, 3.8) is 0 Å². The van der Waals surface area contributed by atoms with Gasteiger partial charge in [0.05, 0.1) is 10.5 Å². The van der Waals surface area contributed by atoms with Crippen LogP contribution in [0.1, 0.15) is 25.6 Å². The van der Waals surface area contributed by atoms with Gasteiger partial charge in [-0.05, 0) is 31.9 Å². The van der Waals surface area contributed by atoms with E-state index in [1.54, 1.807) is 0 Å². The molecule has 0 aliphatic heterocycles. The van der Waals surface area contributed by atoms with Crippen molar-refractivity contribution >= 4 is 34.2 Å². The molecule has 0 radical (unpaired) electrons. The van der Waals surface area contributed by atoms with Gasteiger partial charge in [0, 0.05) is 17.8 Å². The number of fused-ring (bicyclic) bond motifs is 1. The normalized spacial score (nSPS) is 17.6. The molecular formula is C13H14Cl2N2. The third-order valence-electron chi connectivity index (χ3n) is 3.54. The molecule has 1 heterocycles. The Kier molecular flexibility index (Phi) is 2.60. The van der Waals surface area contributed by atoms with Crippen molar-refractivity contribution in [3.05, 3.63) is 29.0 Å². The number of alkyl halides is 1. The van der Waals surface area contributed by atoms with Gasteiger partial charge in [-0.3, -0.25) is 0 Å². The zero-order valence-electron chi connectivity index (χ0n) is 9.71. The molecule has 1 aliphatic rings. The van der Waals surface area contributed by atoms with Gasteiger partial charge in [0.1, 0.15) is 11.3 Å². The summed E-state index contributed by atoms with van der Waals surface area (Å²) in [5, 5.41) is 0.723. The third-order valence-corrected chi connectivity index (χ3v) is 4.03. The maximum atomic E-state index is 6.20. The fourth-order valence-electron chi connectivity index (χ4n) is 2.37. The van der Waals surface area contributed by atoms with Gasteiger partial charge < -0.3 is 4.57 Å². The zero-order valence-corrected chi connectivity index (χ0v) is 11.2. The van der Waals surface area contributed by atoms with Gasteiger partial charge in [0.2, 0.25) is 0 Å². The van der Waals surface area contributed by atoms with Crippen LogP contribution in [0.4, 0.5) is 0 Å². The lowest BCUT2D eigenvalue weighted by atomic mass is 10.2. The first-order valence-corrected chi connectivity index (χ1v) is 6.79. The molecule has 90 valence electrons. The van der Waals surface area contributed by atoms with E-state index in [4.69, 9.17) is 23.2 Å². The predicted octanol–water partition coefficient (Wildman–Crippen LogP) is 3.98. The lowest BCUT2D eigenvalue weighted by Crippen LogP contribution is -2.16. The second-order valence-corrected chi connectivity index (χ2v) is 5.69. The molecule has 3 rings (SSSR count). The first-order valence-electron chi connectivity index (χ1n) is 5.88. The van der Waals surface area contributed by atoms with Crippen LogP contribution in [0.3, 0.4) is 0 Å². The van der Waals surface area contributed by atoms with Crippen LogP contribution in [-0.2, 0) is 12.0 Å². The number of rotatable bonds is 3. The Bertz CT molecular complexity index is 570. The highest BCUT2D eigenvalue weighted by molar-refractivity contribution is 6.34. The number of halogens is 2. The number of nitrogens with zero attached hydrogens (tertiary/aromatic N) is 2. The highest BCUT2D eigenvalue weighted by atomic mass is 35.5. The Morgan fingerprint density at radius 1 is 1.41 bits per heavy atom. The molecule has 4 heteroatoms. The summed E-state index contributed by atoms with van der Waals surface area (Å²) < 4.78 is 2.33. The molecule has 0 amide bonds. The molecule has 1 aromatic heterocycles. The monoisotopic (exact) mass is 268 g/mol. The molecule has 0 saturated heterocycles. The molecule has 1 fully saturated rings. The number of benzene rings is 1. The Labute approximate surface area is 111 Å². The summed E-state index contributed by atoms with van der Waals surface area (Å²) in [6, 6.07) is 5.97. The van der Waals surface area contributed by atoms with Crippen LogP contribution >= 0.6 is 23.2 Å². The maximum Gasteiger partial charge on any atom is 0.111 e. The van der Waals surface area contributed by atoms with Crippen LogP contribution in [0.2, 0.25) is 5.02 Å².